The molecule has 0 saturated carbocycles. The van der Waals surface area contributed by atoms with Crippen LogP contribution in [0.2, 0.25) is 0 Å². The first kappa shape index (κ1) is 7.28. The molecule has 1 aliphatic heterocycles. The van der Waals surface area contributed by atoms with Gasteiger partial charge in [0.2, 0.25) is 0 Å². The average molecular weight is 142 g/mol. The molecule has 3 nitrogen and oxygen atoms in total. The van der Waals surface area contributed by atoms with E-state index in [-0.39, 0.29) is 18.7 Å². The molecular formula is C7H10O3. The number of cyclic esters (lactones) is 1. The Kier molecular flexibility index (Phi) is 2.45. The lowest BCUT2D eigenvalue weighted by Crippen LogP contribution is -2.07. The molecular weight excluding hydrogens is 132 g/mol. The third kappa shape index (κ3) is 1.84. The van der Waals surface area contributed by atoms with Gasteiger partial charge in [0.15, 0.2) is 0 Å². The summed E-state index contributed by atoms with van der Waals surface area (Å²) in [6.07, 6.45) is 4.45. The van der Waals surface area contributed by atoms with Crippen LogP contribution in [-0.2, 0) is 9.53 Å². The van der Waals surface area contributed by atoms with E-state index in [0.29, 0.717) is 6.42 Å². The van der Waals surface area contributed by atoms with Gasteiger partial charge in [-0.3, -0.25) is 0 Å². The number of hydrogen-bond donors (Lipinski definition) is 1. The van der Waals surface area contributed by atoms with Gasteiger partial charge in [-0.2, -0.15) is 0 Å². The number of hydrogen-bond acceptors (Lipinski definition) is 3. The summed E-state index contributed by atoms with van der Waals surface area (Å²) < 4.78 is 4.80. The minimum atomic E-state index is -0.275. The first-order chi connectivity index (χ1) is 4.83. The van der Waals surface area contributed by atoms with E-state index in [2.05, 4.69) is 0 Å². The molecule has 0 radical (unpaired) electrons. The standard InChI is InChI=1S/C7H10O3/c8-5-1-2-6-3-4-7(9)10-6/h3-4,6,8H,1-2,5H2. The molecule has 0 saturated heterocycles. The van der Waals surface area contributed by atoms with Crippen molar-refractivity contribution in [2.75, 3.05) is 6.61 Å². The van der Waals surface area contributed by atoms with Gasteiger partial charge in [-0.15, -0.1) is 0 Å². The summed E-state index contributed by atoms with van der Waals surface area (Å²) in [7, 11) is 0. The average Bonchev–Trinajstić information content (AvgIpc) is 2.31. The number of ether oxygens (including phenoxy) is 1. The minimum absolute atomic E-state index is 0.0975. The molecule has 1 heterocycles. The Labute approximate surface area is 59.3 Å². The van der Waals surface area contributed by atoms with E-state index >= 15 is 0 Å². The number of aliphatic hydroxyl groups excluding tert-OH is 1. The Morgan fingerprint density at radius 3 is 3.00 bits per heavy atom. The van der Waals surface area contributed by atoms with E-state index < -0.39 is 0 Å². The topological polar surface area (TPSA) is 46.5 Å². The number of carbonyl (C=O) groups is 1. The molecule has 1 aliphatic rings. The van der Waals surface area contributed by atoms with Crippen molar-refractivity contribution in [1.29, 1.82) is 0 Å². The zero-order valence-corrected chi connectivity index (χ0v) is 5.62. The molecule has 1 N–H and O–H groups in total. The number of carbonyl (C=O) groups excluding carboxylic acids is 1. The van der Waals surface area contributed by atoms with E-state index in [1.807, 2.05) is 0 Å². The van der Waals surface area contributed by atoms with Gasteiger partial charge in [0, 0.05) is 12.7 Å². The quantitative estimate of drug-likeness (QED) is 0.574. The van der Waals surface area contributed by atoms with Crippen molar-refractivity contribution in [2.24, 2.45) is 0 Å². The zero-order chi connectivity index (χ0) is 7.40. The van der Waals surface area contributed by atoms with E-state index in [1.54, 1.807) is 6.08 Å². The van der Waals surface area contributed by atoms with Gasteiger partial charge in [-0.05, 0) is 18.9 Å². The molecule has 56 valence electrons. The first-order valence-corrected chi connectivity index (χ1v) is 3.32. The summed E-state index contributed by atoms with van der Waals surface area (Å²) in [5, 5.41) is 8.43. The molecule has 3 heteroatoms. The lowest BCUT2D eigenvalue weighted by atomic mass is 10.2. The lowest BCUT2D eigenvalue weighted by molar-refractivity contribution is -0.138. The monoisotopic (exact) mass is 142 g/mol. The Hall–Kier alpha value is -0.830. The predicted molar refractivity (Wildman–Crippen MR) is 35.3 cm³/mol. The van der Waals surface area contributed by atoms with Crippen molar-refractivity contribution >= 4 is 5.97 Å². The van der Waals surface area contributed by atoms with Crippen LogP contribution in [-0.4, -0.2) is 23.8 Å². The van der Waals surface area contributed by atoms with Gasteiger partial charge < -0.3 is 9.84 Å². The van der Waals surface area contributed by atoms with Crippen LogP contribution in [0.5, 0.6) is 0 Å². The van der Waals surface area contributed by atoms with Crippen molar-refractivity contribution in [3.63, 3.8) is 0 Å². The van der Waals surface area contributed by atoms with Gasteiger partial charge in [0.25, 0.3) is 0 Å². The van der Waals surface area contributed by atoms with Crippen molar-refractivity contribution in [3.8, 4) is 0 Å². The summed E-state index contributed by atoms with van der Waals surface area (Å²) in [5.41, 5.74) is 0. The largest absolute Gasteiger partial charge is 0.455 e. The number of rotatable bonds is 3. The van der Waals surface area contributed by atoms with E-state index in [4.69, 9.17) is 9.84 Å². The van der Waals surface area contributed by atoms with Crippen molar-refractivity contribution in [3.05, 3.63) is 12.2 Å². The summed E-state index contributed by atoms with van der Waals surface area (Å²) in [4.78, 5) is 10.4. The lowest BCUT2D eigenvalue weighted by Gasteiger charge is -2.05. The van der Waals surface area contributed by atoms with Crippen LogP contribution < -0.4 is 0 Å². The maximum Gasteiger partial charge on any atom is 0.331 e. The molecule has 0 aliphatic carbocycles. The summed E-state index contributed by atoms with van der Waals surface area (Å²) in [5.74, 6) is -0.275. The van der Waals surface area contributed by atoms with Crippen molar-refractivity contribution in [2.45, 2.75) is 18.9 Å². The Morgan fingerprint density at radius 1 is 1.70 bits per heavy atom. The van der Waals surface area contributed by atoms with Crippen LogP contribution in [0.3, 0.4) is 0 Å². The fourth-order valence-electron chi connectivity index (χ4n) is 0.861. The van der Waals surface area contributed by atoms with Crippen LogP contribution in [0.4, 0.5) is 0 Å². The molecule has 0 spiro atoms. The predicted octanol–water partition coefficient (Wildman–Crippen LogP) is 0.240. The van der Waals surface area contributed by atoms with Gasteiger partial charge in [0.05, 0.1) is 0 Å². The Bertz CT molecular complexity index is 151. The van der Waals surface area contributed by atoms with Crippen LogP contribution in [0.25, 0.3) is 0 Å². The first-order valence-electron chi connectivity index (χ1n) is 3.32. The van der Waals surface area contributed by atoms with Crippen LogP contribution >= 0.6 is 0 Å². The van der Waals surface area contributed by atoms with Gasteiger partial charge in [-0.25, -0.2) is 4.79 Å². The third-order valence-electron chi connectivity index (χ3n) is 1.36. The second kappa shape index (κ2) is 3.37. The highest BCUT2D eigenvalue weighted by Crippen LogP contribution is 2.10. The van der Waals surface area contributed by atoms with Crippen LogP contribution in [0, 0.1) is 0 Å². The number of aliphatic hydroxyl groups is 1. The SMILES string of the molecule is O=C1C=CC(CCCO)O1. The fraction of sp³-hybridized carbons (Fsp3) is 0.571. The smallest absolute Gasteiger partial charge is 0.331 e. The maximum absolute atomic E-state index is 10.4. The Morgan fingerprint density at radius 2 is 2.50 bits per heavy atom. The normalized spacial score (nSPS) is 23.3. The molecule has 0 aromatic heterocycles. The van der Waals surface area contributed by atoms with E-state index in [9.17, 15) is 4.79 Å². The third-order valence-corrected chi connectivity index (χ3v) is 1.36. The summed E-state index contributed by atoms with van der Waals surface area (Å²) in [6.45, 7) is 0.155. The molecule has 1 unspecified atom stereocenters. The molecule has 0 aromatic carbocycles. The van der Waals surface area contributed by atoms with Crippen LogP contribution in [0.1, 0.15) is 12.8 Å². The fourth-order valence-corrected chi connectivity index (χ4v) is 0.861. The molecule has 0 amide bonds. The molecule has 0 bridgehead atoms. The highest BCUT2D eigenvalue weighted by Gasteiger charge is 2.14. The summed E-state index contributed by atoms with van der Waals surface area (Å²) >= 11 is 0. The van der Waals surface area contributed by atoms with E-state index in [0.717, 1.165) is 6.42 Å². The second-order valence-corrected chi connectivity index (χ2v) is 2.20. The molecule has 1 atom stereocenters. The highest BCUT2D eigenvalue weighted by atomic mass is 16.5. The van der Waals surface area contributed by atoms with Crippen LogP contribution in [0.15, 0.2) is 12.2 Å². The van der Waals surface area contributed by atoms with Gasteiger partial charge in [0.1, 0.15) is 6.10 Å². The Balaban J connectivity index is 2.20. The second-order valence-electron chi connectivity index (χ2n) is 2.20. The summed E-state index contributed by atoms with van der Waals surface area (Å²) in [6, 6.07) is 0. The molecule has 1 rings (SSSR count). The van der Waals surface area contributed by atoms with E-state index in [1.165, 1.54) is 6.08 Å². The molecule has 10 heavy (non-hydrogen) atoms. The van der Waals surface area contributed by atoms with Crippen molar-refractivity contribution < 1.29 is 14.6 Å². The molecule has 0 aromatic rings. The van der Waals surface area contributed by atoms with Gasteiger partial charge >= 0.3 is 5.97 Å². The number of esters is 1. The highest BCUT2D eigenvalue weighted by molar-refractivity contribution is 5.84. The van der Waals surface area contributed by atoms with Gasteiger partial charge in [-0.1, -0.05) is 0 Å². The minimum Gasteiger partial charge on any atom is -0.455 e. The maximum atomic E-state index is 10.4. The zero-order valence-electron chi connectivity index (χ0n) is 5.62. The van der Waals surface area contributed by atoms with Crippen molar-refractivity contribution in [1.82, 2.24) is 0 Å². The molecule has 0 fully saturated rings.